The van der Waals surface area contributed by atoms with Crippen LogP contribution in [-0.2, 0) is 10.9 Å². The molecule has 2 aromatic heterocycles. The van der Waals surface area contributed by atoms with Gasteiger partial charge in [-0.3, -0.25) is 0 Å². The summed E-state index contributed by atoms with van der Waals surface area (Å²) in [5.74, 6) is -0.683. The van der Waals surface area contributed by atoms with Gasteiger partial charge in [0.25, 0.3) is 0 Å². The van der Waals surface area contributed by atoms with Crippen LogP contribution in [0.2, 0.25) is 0 Å². The van der Waals surface area contributed by atoms with Gasteiger partial charge in [0.05, 0.1) is 23.0 Å². The van der Waals surface area contributed by atoms with E-state index in [9.17, 15) is 18.0 Å². The van der Waals surface area contributed by atoms with Crippen molar-refractivity contribution in [1.82, 2.24) is 9.97 Å². The van der Waals surface area contributed by atoms with Gasteiger partial charge in [-0.1, -0.05) is 12.1 Å². The van der Waals surface area contributed by atoms with Crippen LogP contribution in [0.3, 0.4) is 0 Å². The molecule has 0 aliphatic rings. The Kier molecular flexibility index (Phi) is 6.69. The smallest absolute Gasteiger partial charge is 0.418 e. The van der Waals surface area contributed by atoms with Crippen molar-refractivity contribution in [3.63, 3.8) is 0 Å². The second-order valence-electron chi connectivity index (χ2n) is 6.49. The summed E-state index contributed by atoms with van der Waals surface area (Å²) in [7, 11) is 0. The van der Waals surface area contributed by atoms with Crippen molar-refractivity contribution in [3.05, 3.63) is 59.4 Å². The fraction of sp³-hybridized carbons (Fsp3) is 0.250. The minimum absolute atomic E-state index is 0. The fourth-order valence-corrected chi connectivity index (χ4v) is 2.71. The Morgan fingerprint density at radius 2 is 1.83 bits per heavy atom. The van der Waals surface area contributed by atoms with Crippen LogP contribution < -0.4 is 5.32 Å². The molecule has 0 atom stereocenters. The van der Waals surface area contributed by atoms with E-state index < -0.39 is 23.8 Å². The number of ether oxygens (including phenoxy) is 1. The number of fused-ring (bicyclic) bond motifs is 1. The number of anilines is 2. The molecule has 0 spiro atoms. The number of hydrogen-bond donors (Lipinski definition) is 1. The van der Waals surface area contributed by atoms with Crippen LogP contribution in [0.4, 0.5) is 24.5 Å². The first kappa shape index (κ1) is 22.4. The number of hydrogen-bond acceptors (Lipinski definition) is 5. The molecule has 9 heteroatoms. The number of halogens is 4. The Morgan fingerprint density at radius 3 is 2.48 bits per heavy atom. The summed E-state index contributed by atoms with van der Waals surface area (Å²) < 4.78 is 45.4. The summed E-state index contributed by atoms with van der Waals surface area (Å²) in [6.07, 6.45) is -3.69. The second-order valence-corrected chi connectivity index (χ2v) is 6.49. The number of aromatic nitrogens is 2. The number of carbonyl (C=O) groups is 1. The van der Waals surface area contributed by atoms with Crippen molar-refractivity contribution < 1.29 is 22.7 Å². The summed E-state index contributed by atoms with van der Waals surface area (Å²) in [5, 5.41) is 3.18. The van der Waals surface area contributed by atoms with Crippen LogP contribution >= 0.6 is 12.4 Å². The quantitative estimate of drug-likeness (QED) is 0.544. The van der Waals surface area contributed by atoms with Crippen molar-refractivity contribution >= 4 is 40.8 Å². The molecular formula is C20H19ClF3N3O2. The first-order valence-corrected chi connectivity index (χ1v) is 8.57. The molecule has 0 aliphatic carbocycles. The molecule has 29 heavy (non-hydrogen) atoms. The van der Waals surface area contributed by atoms with Crippen LogP contribution in [0.15, 0.2) is 42.6 Å². The normalized spacial score (nSPS) is 11.3. The van der Waals surface area contributed by atoms with E-state index >= 15 is 0 Å². The lowest BCUT2D eigenvalue weighted by molar-refractivity contribution is -0.136. The fourth-order valence-electron chi connectivity index (χ4n) is 2.71. The number of nitrogens with zero attached hydrogens (tertiary/aromatic N) is 2. The average molecular weight is 426 g/mol. The molecule has 0 radical (unpaired) electrons. The number of nitrogens with one attached hydrogen (secondary N) is 1. The number of rotatable bonds is 4. The zero-order valence-corrected chi connectivity index (χ0v) is 16.7. The third kappa shape index (κ3) is 4.95. The van der Waals surface area contributed by atoms with Crippen LogP contribution in [-0.4, -0.2) is 22.0 Å². The van der Waals surface area contributed by atoms with E-state index in [1.54, 1.807) is 32.9 Å². The first-order chi connectivity index (χ1) is 13.2. The zero-order valence-electron chi connectivity index (χ0n) is 15.9. The Bertz CT molecular complexity index is 1040. The van der Waals surface area contributed by atoms with Crippen molar-refractivity contribution in [1.29, 1.82) is 0 Å². The molecule has 0 aliphatic heterocycles. The zero-order chi connectivity index (χ0) is 20.5. The Balaban J connectivity index is 0.00000300. The Labute approximate surface area is 171 Å². The highest BCUT2D eigenvalue weighted by molar-refractivity contribution is 6.05. The summed E-state index contributed by atoms with van der Waals surface area (Å²) >= 11 is 0. The lowest BCUT2D eigenvalue weighted by Gasteiger charge is -2.18. The monoisotopic (exact) mass is 425 g/mol. The van der Waals surface area contributed by atoms with Gasteiger partial charge in [0.15, 0.2) is 5.65 Å². The maximum absolute atomic E-state index is 13.4. The molecule has 3 rings (SSSR count). The van der Waals surface area contributed by atoms with Crippen molar-refractivity contribution in [2.45, 2.75) is 33.1 Å². The maximum atomic E-state index is 13.4. The maximum Gasteiger partial charge on any atom is 0.418 e. The average Bonchev–Trinajstić information content (AvgIpc) is 2.60. The van der Waals surface area contributed by atoms with E-state index in [0.29, 0.717) is 16.7 Å². The molecule has 0 unspecified atom stereocenters. The van der Waals surface area contributed by atoms with Gasteiger partial charge in [0, 0.05) is 17.3 Å². The van der Waals surface area contributed by atoms with Crippen LogP contribution in [0, 0.1) is 6.92 Å². The number of pyridine rings is 2. The van der Waals surface area contributed by atoms with E-state index in [-0.39, 0.29) is 29.3 Å². The second kappa shape index (κ2) is 8.65. The van der Waals surface area contributed by atoms with Crippen molar-refractivity contribution in [2.24, 2.45) is 0 Å². The van der Waals surface area contributed by atoms with E-state index in [1.807, 2.05) is 0 Å². The lowest BCUT2D eigenvalue weighted by atomic mass is 10.1. The third-order valence-corrected chi connectivity index (χ3v) is 3.92. The molecule has 0 bridgehead atoms. The number of alkyl halides is 3. The largest absolute Gasteiger partial charge is 0.459 e. The molecule has 5 nitrogen and oxygen atoms in total. The molecule has 1 N–H and O–H groups in total. The molecule has 0 fully saturated rings. The van der Waals surface area contributed by atoms with E-state index in [4.69, 9.17) is 4.74 Å². The van der Waals surface area contributed by atoms with Gasteiger partial charge in [-0.15, -0.1) is 12.4 Å². The molecule has 154 valence electrons. The lowest BCUT2D eigenvalue weighted by Crippen LogP contribution is -2.15. The number of benzene rings is 1. The van der Waals surface area contributed by atoms with E-state index in [1.165, 1.54) is 24.4 Å². The van der Waals surface area contributed by atoms with Gasteiger partial charge < -0.3 is 10.1 Å². The van der Waals surface area contributed by atoms with Gasteiger partial charge in [0.2, 0.25) is 0 Å². The van der Waals surface area contributed by atoms with Crippen LogP contribution in [0.5, 0.6) is 0 Å². The summed E-state index contributed by atoms with van der Waals surface area (Å²) in [5.41, 5.74) is 0.181. The van der Waals surface area contributed by atoms with Gasteiger partial charge in [-0.25, -0.2) is 14.8 Å². The topological polar surface area (TPSA) is 64.1 Å². The molecule has 1 aromatic carbocycles. The Hall–Kier alpha value is -2.87. The molecular weight excluding hydrogens is 407 g/mol. The SMILES string of the molecule is Cc1ccc2c(Nc3ccccc3C(F)(F)F)c(C(=O)OC(C)C)cnc2n1.Cl. The third-order valence-electron chi connectivity index (χ3n) is 3.92. The number of carbonyl (C=O) groups excluding carboxylic acids is 1. The molecule has 3 aromatic rings. The molecule has 0 saturated carbocycles. The van der Waals surface area contributed by atoms with Crippen molar-refractivity contribution in [3.8, 4) is 0 Å². The molecule has 2 heterocycles. The molecule has 0 amide bonds. The predicted molar refractivity (Wildman–Crippen MR) is 107 cm³/mol. The van der Waals surface area contributed by atoms with Crippen LogP contribution in [0.1, 0.15) is 35.5 Å². The first-order valence-electron chi connectivity index (χ1n) is 8.57. The van der Waals surface area contributed by atoms with Crippen molar-refractivity contribution in [2.75, 3.05) is 5.32 Å². The van der Waals surface area contributed by atoms with Gasteiger partial charge in [0.1, 0.15) is 5.56 Å². The van der Waals surface area contributed by atoms with E-state index in [0.717, 1.165) is 6.07 Å². The minimum Gasteiger partial charge on any atom is -0.459 e. The highest BCUT2D eigenvalue weighted by atomic mass is 35.5. The minimum atomic E-state index is -4.56. The molecule has 0 saturated heterocycles. The highest BCUT2D eigenvalue weighted by Crippen LogP contribution is 2.37. The standard InChI is InChI=1S/C20H18F3N3O2.ClH/c1-11(2)28-19(27)14-10-24-18-13(9-8-12(3)25-18)17(14)26-16-7-5-4-6-15(16)20(21,22)23;/h4-11H,1-3H3,(H,24,25,26);1H. The Morgan fingerprint density at radius 1 is 1.14 bits per heavy atom. The number of aryl methyl sites for hydroxylation is 1. The van der Waals surface area contributed by atoms with Gasteiger partial charge in [-0.05, 0) is 45.0 Å². The summed E-state index contributed by atoms with van der Waals surface area (Å²) in [6, 6.07) is 8.42. The highest BCUT2D eigenvalue weighted by Gasteiger charge is 2.33. The van der Waals surface area contributed by atoms with Gasteiger partial charge >= 0.3 is 12.1 Å². The summed E-state index contributed by atoms with van der Waals surface area (Å²) in [6.45, 7) is 5.14. The predicted octanol–water partition coefficient (Wildman–Crippen LogP) is 5.69. The van der Waals surface area contributed by atoms with Gasteiger partial charge in [-0.2, -0.15) is 13.2 Å². The van der Waals surface area contributed by atoms with E-state index in [2.05, 4.69) is 15.3 Å². The summed E-state index contributed by atoms with van der Waals surface area (Å²) in [4.78, 5) is 21.0. The van der Waals surface area contributed by atoms with Crippen LogP contribution in [0.25, 0.3) is 11.0 Å². The number of para-hydroxylation sites is 1. The number of esters is 1.